The van der Waals surface area contributed by atoms with E-state index < -0.39 is 0 Å². The van der Waals surface area contributed by atoms with E-state index in [4.69, 9.17) is 11.5 Å². The molecule has 0 bridgehead atoms. The average Bonchev–Trinajstić information content (AvgIpc) is 2.57. The molecule has 20 heavy (non-hydrogen) atoms. The van der Waals surface area contributed by atoms with Crippen molar-refractivity contribution in [2.24, 2.45) is 0 Å². The highest BCUT2D eigenvalue weighted by molar-refractivity contribution is 5.62. The summed E-state index contributed by atoms with van der Waals surface area (Å²) in [6.45, 7) is 6.88. The third-order valence-electron chi connectivity index (χ3n) is 4.72. The third kappa shape index (κ3) is 1.71. The Labute approximate surface area is 120 Å². The average molecular weight is 266 g/mol. The summed E-state index contributed by atoms with van der Waals surface area (Å²) >= 11 is 0. The zero-order chi connectivity index (χ0) is 14.5. The molecule has 0 fully saturated rings. The molecule has 0 aliphatic heterocycles. The molecule has 3 rings (SSSR count). The molecule has 1 aliphatic carbocycles. The highest BCUT2D eigenvalue weighted by atomic mass is 14.6. The van der Waals surface area contributed by atoms with E-state index in [1.165, 1.54) is 16.7 Å². The number of hydrogen-bond acceptors (Lipinski definition) is 2. The normalized spacial score (nSPS) is 23.6. The number of benzene rings is 2. The molecule has 2 nitrogen and oxygen atoms in total. The lowest BCUT2D eigenvalue weighted by Crippen LogP contribution is -2.24. The van der Waals surface area contributed by atoms with Gasteiger partial charge in [-0.2, -0.15) is 0 Å². The van der Waals surface area contributed by atoms with Crippen molar-refractivity contribution in [2.75, 3.05) is 11.5 Å². The fourth-order valence-corrected chi connectivity index (χ4v) is 3.92. The Kier molecular flexibility index (Phi) is 2.62. The minimum absolute atomic E-state index is 0.0699. The molecule has 0 amide bonds. The van der Waals surface area contributed by atoms with Crippen LogP contribution in [0.4, 0.5) is 11.4 Å². The Morgan fingerprint density at radius 3 is 2.25 bits per heavy atom. The Morgan fingerprint density at radius 2 is 1.55 bits per heavy atom. The van der Waals surface area contributed by atoms with Crippen LogP contribution in [-0.4, -0.2) is 0 Å². The molecule has 0 spiro atoms. The molecule has 0 saturated heterocycles. The van der Waals surface area contributed by atoms with Gasteiger partial charge in [-0.1, -0.05) is 45.0 Å². The van der Waals surface area contributed by atoms with Crippen LogP contribution >= 0.6 is 0 Å². The monoisotopic (exact) mass is 266 g/mol. The van der Waals surface area contributed by atoms with Crippen LogP contribution in [0.3, 0.4) is 0 Å². The van der Waals surface area contributed by atoms with Gasteiger partial charge in [0.2, 0.25) is 0 Å². The first-order valence-corrected chi connectivity index (χ1v) is 7.10. The van der Waals surface area contributed by atoms with Crippen molar-refractivity contribution in [3.63, 3.8) is 0 Å². The number of anilines is 2. The van der Waals surface area contributed by atoms with Crippen molar-refractivity contribution in [3.05, 3.63) is 59.2 Å². The van der Waals surface area contributed by atoms with Gasteiger partial charge in [0.15, 0.2) is 0 Å². The molecule has 0 heterocycles. The van der Waals surface area contributed by atoms with Crippen LogP contribution in [0.15, 0.2) is 42.5 Å². The zero-order valence-electron chi connectivity index (χ0n) is 12.4. The summed E-state index contributed by atoms with van der Waals surface area (Å²) in [5, 5.41) is 0. The lowest BCUT2D eigenvalue weighted by molar-refractivity contribution is 0.426. The van der Waals surface area contributed by atoms with Gasteiger partial charge in [-0.15, -0.1) is 0 Å². The second-order valence-corrected chi connectivity index (χ2v) is 6.79. The summed E-state index contributed by atoms with van der Waals surface area (Å²) in [4.78, 5) is 0. The number of fused-ring (bicyclic) bond motifs is 1. The molecule has 4 N–H and O–H groups in total. The molecular formula is C18H22N2. The Morgan fingerprint density at radius 1 is 0.850 bits per heavy atom. The number of nitrogen functional groups attached to an aromatic ring is 2. The first kappa shape index (κ1) is 13.0. The van der Waals surface area contributed by atoms with Gasteiger partial charge >= 0.3 is 0 Å². The topological polar surface area (TPSA) is 52.0 Å². The van der Waals surface area contributed by atoms with Crippen molar-refractivity contribution >= 4 is 11.4 Å². The van der Waals surface area contributed by atoms with Crippen LogP contribution in [0.1, 0.15) is 43.9 Å². The molecule has 1 atom stereocenters. The standard InChI is InChI=1S/C18H22N2/c1-17(2)11-18(3,14-6-4-5-7-16(14)20)15-10-12(19)8-9-13(15)17/h4-10H,11,19-20H2,1-3H3. The molecule has 104 valence electrons. The van der Waals surface area contributed by atoms with Crippen molar-refractivity contribution < 1.29 is 0 Å². The van der Waals surface area contributed by atoms with Crippen molar-refractivity contribution in [1.82, 2.24) is 0 Å². The van der Waals surface area contributed by atoms with Crippen LogP contribution in [0.2, 0.25) is 0 Å². The smallest absolute Gasteiger partial charge is 0.0355 e. The van der Waals surface area contributed by atoms with E-state index in [2.05, 4.69) is 45.0 Å². The van der Waals surface area contributed by atoms with Gasteiger partial charge in [-0.25, -0.2) is 0 Å². The molecule has 0 saturated carbocycles. The molecule has 2 aromatic carbocycles. The lowest BCUT2D eigenvalue weighted by atomic mass is 9.74. The summed E-state index contributed by atoms with van der Waals surface area (Å²) in [6.07, 6.45) is 1.05. The number of hydrogen-bond donors (Lipinski definition) is 2. The van der Waals surface area contributed by atoms with Gasteiger partial charge in [-0.3, -0.25) is 0 Å². The number of nitrogens with two attached hydrogens (primary N) is 2. The molecule has 1 unspecified atom stereocenters. The highest BCUT2D eigenvalue weighted by Crippen LogP contribution is 2.54. The van der Waals surface area contributed by atoms with Crippen LogP contribution in [0, 0.1) is 0 Å². The maximum absolute atomic E-state index is 6.24. The quantitative estimate of drug-likeness (QED) is 0.770. The largest absolute Gasteiger partial charge is 0.399 e. The van der Waals surface area contributed by atoms with Crippen molar-refractivity contribution in [1.29, 1.82) is 0 Å². The van der Waals surface area contributed by atoms with Crippen LogP contribution in [-0.2, 0) is 10.8 Å². The Hall–Kier alpha value is -1.96. The van der Waals surface area contributed by atoms with Gasteiger partial charge in [-0.05, 0) is 46.7 Å². The maximum atomic E-state index is 6.24. The maximum Gasteiger partial charge on any atom is 0.0355 e. The predicted octanol–water partition coefficient (Wildman–Crippen LogP) is 3.84. The minimum atomic E-state index is -0.0699. The fourth-order valence-electron chi connectivity index (χ4n) is 3.92. The van der Waals surface area contributed by atoms with E-state index in [9.17, 15) is 0 Å². The summed E-state index contributed by atoms with van der Waals surface area (Å²) in [5.41, 5.74) is 17.9. The molecule has 2 aromatic rings. The SMILES string of the molecule is CC1(C)CC(C)(c2ccccc2N)c2cc(N)ccc21. The molecular weight excluding hydrogens is 244 g/mol. The predicted molar refractivity (Wildman–Crippen MR) is 85.8 cm³/mol. The van der Waals surface area contributed by atoms with E-state index >= 15 is 0 Å². The van der Waals surface area contributed by atoms with E-state index in [0.717, 1.165) is 17.8 Å². The zero-order valence-corrected chi connectivity index (χ0v) is 12.4. The first-order chi connectivity index (χ1) is 9.34. The van der Waals surface area contributed by atoms with Gasteiger partial charge in [0.1, 0.15) is 0 Å². The summed E-state index contributed by atoms with van der Waals surface area (Å²) in [6, 6.07) is 14.5. The molecule has 0 radical (unpaired) electrons. The van der Waals surface area contributed by atoms with E-state index in [1.54, 1.807) is 0 Å². The summed E-state index contributed by atoms with van der Waals surface area (Å²) in [5.74, 6) is 0. The second kappa shape index (κ2) is 4.02. The third-order valence-corrected chi connectivity index (χ3v) is 4.72. The van der Waals surface area contributed by atoms with Crippen LogP contribution in [0.5, 0.6) is 0 Å². The summed E-state index contributed by atoms with van der Waals surface area (Å²) in [7, 11) is 0. The van der Waals surface area contributed by atoms with Crippen molar-refractivity contribution in [3.8, 4) is 0 Å². The van der Waals surface area contributed by atoms with Crippen molar-refractivity contribution in [2.45, 2.75) is 38.0 Å². The first-order valence-electron chi connectivity index (χ1n) is 7.10. The highest BCUT2D eigenvalue weighted by Gasteiger charge is 2.46. The minimum Gasteiger partial charge on any atom is -0.399 e. The second-order valence-electron chi connectivity index (χ2n) is 6.79. The Bertz CT molecular complexity index is 673. The van der Waals surface area contributed by atoms with E-state index in [1.807, 2.05) is 18.2 Å². The van der Waals surface area contributed by atoms with Gasteiger partial charge in [0.05, 0.1) is 0 Å². The molecule has 0 aromatic heterocycles. The molecule has 2 heteroatoms. The van der Waals surface area contributed by atoms with E-state index in [-0.39, 0.29) is 10.8 Å². The van der Waals surface area contributed by atoms with E-state index in [0.29, 0.717) is 0 Å². The fraction of sp³-hybridized carbons (Fsp3) is 0.333. The lowest BCUT2D eigenvalue weighted by Gasteiger charge is -2.29. The van der Waals surface area contributed by atoms with Gasteiger partial charge < -0.3 is 11.5 Å². The number of para-hydroxylation sites is 1. The van der Waals surface area contributed by atoms with Crippen LogP contribution in [0.25, 0.3) is 0 Å². The summed E-state index contributed by atoms with van der Waals surface area (Å²) < 4.78 is 0. The van der Waals surface area contributed by atoms with Gasteiger partial charge in [0.25, 0.3) is 0 Å². The number of rotatable bonds is 1. The Balaban J connectivity index is 2.28. The molecule has 1 aliphatic rings. The van der Waals surface area contributed by atoms with Gasteiger partial charge in [0, 0.05) is 16.8 Å². The van der Waals surface area contributed by atoms with Crippen LogP contribution < -0.4 is 11.5 Å².